The number of aliphatic carboxylic acids is 1. The maximum atomic E-state index is 11.5. The molecule has 6 nitrogen and oxygen atoms in total. The molecule has 0 heterocycles. The Kier molecular flexibility index (Phi) is 5.99. The summed E-state index contributed by atoms with van der Waals surface area (Å²) in [5.41, 5.74) is 1.35. The number of hydrogen-bond donors (Lipinski definition) is 3. The lowest BCUT2D eigenvalue weighted by molar-refractivity contribution is -0.137. The van der Waals surface area contributed by atoms with Crippen molar-refractivity contribution in [1.29, 1.82) is 0 Å². The fourth-order valence-electron chi connectivity index (χ4n) is 1.46. The van der Waals surface area contributed by atoms with Crippen molar-refractivity contribution in [2.45, 2.75) is 26.2 Å². The minimum atomic E-state index is -0.978. The molecule has 0 saturated carbocycles. The first-order valence-corrected chi connectivity index (χ1v) is 6.35. The lowest BCUT2D eigenvalue weighted by Gasteiger charge is -2.08. The van der Waals surface area contributed by atoms with Gasteiger partial charge in [0.05, 0.1) is 10.7 Å². The van der Waals surface area contributed by atoms with Gasteiger partial charge in [-0.05, 0) is 31.0 Å². The number of imide groups is 1. The zero-order chi connectivity index (χ0) is 15.1. The Morgan fingerprint density at radius 1 is 1.25 bits per heavy atom. The summed E-state index contributed by atoms with van der Waals surface area (Å²) >= 11 is 5.94. The number of carboxylic acids is 1. The number of carbonyl (C=O) groups is 3. The van der Waals surface area contributed by atoms with Gasteiger partial charge in [-0.25, -0.2) is 4.79 Å². The van der Waals surface area contributed by atoms with Crippen molar-refractivity contribution >= 4 is 35.2 Å². The molecule has 1 aromatic rings. The molecule has 3 N–H and O–H groups in total. The number of carbonyl (C=O) groups excluding carboxylic acids is 2. The average Bonchev–Trinajstić information content (AvgIpc) is 2.32. The molecule has 0 aromatic heterocycles. The third-order valence-corrected chi connectivity index (χ3v) is 2.73. The van der Waals surface area contributed by atoms with Gasteiger partial charge < -0.3 is 10.4 Å². The standard InChI is InChI=1S/C13H15ClN2O4/c1-8-5-6-10(9(14)7-8)15-13(20)16-11(17)3-2-4-12(18)19/h5-7H,2-4H2,1H3,(H,18,19)(H2,15,16,17,20). The number of halogens is 1. The summed E-state index contributed by atoms with van der Waals surface area (Å²) in [5, 5.41) is 13.4. The highest BCUT2D eigenvalue weighted by atomic mass is 35.5. The molecule has 0 aliphatic heterocycles. The Hall–Kier alpha value is -2.08. The van der Waals surface area contributed by atoms with Crippen LogP contribution in [0.5, 0.6) is 0 Å². The highest BCUT2D eigenvalue weighted by molar-refractivity contribution is 6.33. The number of rotatable bonds is 5. The van der Waals surface area contributed by atoms with E-state index in [9.17, 15) is 14.4 Å². The molecule has 0 atom stereocenters. The zero-order valence-corrected chi connectivity index (χ0v) is 11.7. The number of carboxylic acid groups (broad SMARTS) is 1. The van der Waals surface area contributed by atoms with E-state index in [1.54, 1.807) is 18.2 Å². The number of aryl methyl sites for hydroxylation is 1. The van der Waals surface area contributed by atoms with Gasteiger partial charge in [0.25, 0.3) is 0 Å². The second-order valence-electron chi connectivity index (χ2n) is 4.23. The molecule has 1 rings (SSSR count). The summed E-state index contributed by atoms with van der Waals surface area (Å²) in [5.74, 6) is -1.51. The minimum absolute atomic E-state index is 0.0264. The zero-order valence-electron chi connectivity index (χ0n) is 10.9. The van der Waals surface area contributed by atoms with E-state index < -0.39 is 17.9 Å². The molecule has 3 amide bonds. The summed E-state index contributed by atoms with van der Waals surface area (Å²) in [6.07, 6.45) is 0.0416. The maximum absolute atomic E-state index is 11.5. The van der Waals surface area contributed by atoms with Crippen LogP contribution in [0.3, 0.4) is 0 Å². The van der Waals surface area contributed by atoms with Crippen LogP contribution in [0, 0.1) is 6.92 Å². The fourth-order valence-corrected chi connectivity index (χ4v) is 1.75. The Morgan fingerprint density at radius 2 is 1.95 bits per heavy atom. The smallest absolute Gasteiger partial charge is 0.325 e. The Bertz CT molecular complexity index is 531. The van der Waals surface area contributed by atoms with Gasteiger partial charge in [-0.1, -0.05) is 17.7 Å². The van der Waals surface area contributed by atoms with Crippen LogP contribution in [-0.2, 0) is 9.59 Å². The summed E-state index contributed by atoms with van der Waals surface area (Å²) in [4.78, 5) is 33.2. The van der Waals surface area contributed by atoms with Crippen molar-refractivity contribution in [3.05, 3.63) is 28.8 Å². The summed E-state index contributed by atoms with van der Waals surface area (Å²) in [6.45, 7) is 1.86. The third kappa shape index (κ3) is 5.71. The molecule has 0 radical (unpaired) electrons. The SMILES string of the molecule is Cc1ccc(NC(=O)NC(=O)CCCC(=O)O)c(Cl)c1. The molecule has 0 fully saturated rings. The molecule has 0 bridgehead atoms. The van der Waals surface area contributed by atoms with E-state index in [2.05, 4.69) is 10.6 Å². The predicted octanol–water partition coefficient (Wildman–Crippen LogP) is 2.55. The molecule has 0 aliphatic carbocycles. The lowest BCUT2D eigenvalue weighted by Crippen LogP contribution is -2.34. The quantitative estimate of drug-likeness (QED) is 0.778. The molecule has 0 spiro atoms. The first-order chi connectivity index (χ1) is 9.38. The monoisotopic (exact) mass is 298 g/mol. The van der Waals surface area contributed by atoms with Crippen molar-refractivity contribution in [3.8, 4) is 0 Å². The van der Waals surface area contributed by atoms with Crippen LogP contribution in [-0.4, -0.2) is 23.0 Å². The molecule has 20 heavy (non-hydrogen) atoms. The van der Waals surface area contributed by atoms with Gasteiger partial charge in [-0.15, -0.1) is 0 Å². The van der Waals surface area contributed by atoms with E-state index in [-0.39, 0.29) is 19.3 Å². The highest BCUT2D eigenvalue weighted by Crippen LogP contribution is 2.22. The average molecular weight is 299 g/mol. The molecule has 0 unspecified atom stereocenters. The van der Waals surface area contributed by atoms with E-state index in [1.807, 2.05) is 6.92 Å². The highest BCUT2D eigenvalue weighted by Gasteiger charge is 2.10. The maximum Gasteiger partial charge on any atom is 0.325 e. The summed E-state index contributed by atoms with van der Waals surface area (Å²) in [6, 6.07) is 4.39. The van der Waals surface area contributed by atoms with Crippen LogP contribution in [0.1, 0.15) is 24.8 Å². The molecule has 1 aromatic carbocycles. The van der Waals surface area contributed by atoms with Gasteiger partial charge in [0.1, 0.15) is 0 Å². The number of hydrogen-bond acceptors (Lipinski definition) is 3. The number of nitrogens with one attached hydrogen (secondary N) is 2. The van der Waals surface area contributed by atoms with Crippen LogP contribution in [0.2, 0.25) is 5.02 Å². The van der Waals surface area contributed by atoms with E-state index in [1.165, 1.54) is 0 Å². The van der Waals surface area contributed by atoms with Crippen LogP contribution in [0.15, 0.2) is 18.2 Å². The van der Waals surface area contributed by atoms with Gasteiger partial charge in [0.2, 0.25) is 5.91 Å². The van der Waals surface area contributed by atoms with Crippen molar-refractivity contribution in [2.75, 3.05) is 5.32 Å². The summed E-state index contributed by atoms with van der Waals surface area (Å²) < 4.78 is 0. The predicted molar refractivity (Wildman–Crippen MR) is 74.8 cm³/mol. The van der Waals surface area contributed by atoms with E-state index in [0.717, 1.165) is 5.56 Å². The lowest BCUT2D eigenvalue weighted by atomic mass is 10.2. The van der Waals surface area contributed by atoms with Gasteiger partial charge in [-0.2, -0.15) is 0 Å². The van der Waals surface area contributed by atoms with Crippen molar-refractivity contribution in [2.24, 2.45) is 0 Å². The van der Waals surface area contributed by atoms with Crippen LogP contribution >= 0.6 is 11.6 Å². The third-order valence-electron chi connectivity index (χ3n) is 2.42. The van der Waals surface area contributed by atoms with Crippen molar-refractivity contribution in [3.63, 3.8) is 0 Å². The van der Waals surface area contributed by atoms with Crippen LogP contribution in [0.25, 0.3) is 0 Å². The van der Waals surface area contributed by atoms with Crippen LogP contribution < -0.4 is 10.6 Å². The molecule has 0 aliphatic rings. The molecule has 0 saturated heterocycles. The normalized spacial score (nSPS) is 9.90. The van der Waals surface area contributed by atoms with E-state index in [4.69, 9.17) is 16.7 Å². The van der Waals surface area contributed by atoms with E-state index in [0.29, 0.717) is 10.7 Å². The largest absolute Gasteiger partial charge is 0.481 e. The topological polar surface area (TPSA) is 95.5 Å². The van der Waals surface area contributed by atoms with Gasteiger partial charge in [-0.3, -0.25) is 14.9 Å². The Balaban J connectivity index is 2.43. The van der Waals surface area contributed by atoms with Gasteiger partial charge in [0.15, 0.2) is 0 Å². The number of amides is 3. The van der Waals surface area contributed by atoms with Gasteiger partial charge in [0, 0.05) is 12.8 Å². The fraction of sp³-hybridized carbons (Fsp3) is 0.308. The first-order valence-electron chi connectivity index (χ1n) is 5.97. The molecule has 7 heteroatoms. The van der Waals surface area contributed by atoms with Crippen molar-refractivity contribution in [1.82, 2.24) is 5.32 Å². The molecular formula is C13H15ClN2O4. The second kappa shape index (κ2) is 7.49. The number of anilines is 1. The Morgan fingerprint density at radius 3 is 2.55 bits per heavy atom. The number of urea groups is 1. The molecular weight excluding hydrogens is 284 g/mol. The second-order valence-corrected chi connectivity index (χ2v) is 4.64. The Labute approximate surface area is 121 Å². The first kappa shape index (κ1) is 16.0. The summed E-state index contributed by atoms with van der Waals surface area (Å²) in [7, 11) is 0. The molecule has 108 valence electrons. The number of benzene rings is 1. The van der Waals surface area contributed by atoms with Crippen molar-refractivity contribution < 1.29 is 19.5 Å². The van der Waals surface area contributed by atoms with E-state index >= 15 is 0 Å². The minimum Gasteiger partial charge on any atom is -0.481 e. The van der Waals surface area contributed by atoms with Crippen LogP contribution in [0.4, 0.5) is 10.5 Å². The van der Waals surface area contributed by atoms with Gasteiger partial charge >= 0.3 is 12.0 Å².